The van der Waals surface area contributed by atoms with E-state index in [1.165, 1.54) is 0 Å². The lowest BCUT2D eigenvalue weighted by atomic mass is 10.3. The number of carbonyl (C=O) groups is 3. The first-order valence-corrected chi connectivity index (χ1v) is 3.26. The van der Waals surface area contributed by atoms with E-state index in [2.05, 4.69) is 0 Å². The van der Waals surface area contributed by atoms with Crippen molar-refractivity contribution in [3.8, 4) is 0 Å². The average molecular weight is 186 g/mol. The highest BCUT2D eigenvalue weighted by Crippen LogP contribution is 2.06. The number of ketones is 1. The minimum Gasteiger partial charge on any atom is -0.464 e. The second-order valence-corrected chi connectivity index (χ2v) is 2.25. The molecular formula is C6H6N2O5. The van der Waals surface area contributed by atoms with E-state index in [0.29, 0.717) is 10.0 Å². The molecule has 0 saturated carbocycles. The van der Waals surface area contributed by atoms with E-state index in [1.807, 2.05) is 0 Å². The summed E-state index contributed by atoms with van der Waals surface area (Å²) in [5, 5.41) is 17.9. The van der Waals surface area contributed by atoms with Gasteiger partial charge in [-0.3, -0.25) is 4.79 Å². The number of nitrogens with zero attached hydrogens (tertiary/aromatic N) is 2. The summed E-state index contributed by atoms with van der Waals surface area (Å²) >= 11 is 0. The van der Waals surface area contributed by atoms with Crippen LogP contribution < -0.4 is 0 Å². The van der Waals surface area contributed by atoms with Crippen molar-refractivity contribution < 1.29 is 24.6 Å². The van der Waals surface area contributed by atoms with E-state index in [4.69, 9.17) is 10.2 Å². The summed E-state index contributed by atoms with van der Waals surface area (Å²) in [4.78, 5) is 31.6. The molecular weight excluding hydrogens is 180 g/mol. The van der Waals surface area contributed by atoms with Crippen LogP contribution in [0, 0.1) is 0 Å². The molecule has 0 aromatic heterocycles. The van der Waals surface area contributed by atoms with Crippen molar-refractivity contribution in [1.82, 2.24) is 10.0 Å². The Labute approximate surface area is 72.4 Å². The van der Waals surface area contributed by atoms with Crippen LogP contribution in [0.5, 0.6) is 0 Å². The zero-order valence-electron chi connectivity index (χ0n) is 6.38. The van der Waals surface area contributed by atoms with Gasteiger partial charge in [0, 0.05) is 12.3 Å². The van der Waals surface area contributed by atoms with Crippen molar-refractivity contribution in [2.75, 3.05) is 6.54 Å². The van der Waals surface area contributed by atoms with Crippen molar-refractivity contribution in [3.05, 3.63) is 12.3 Å². The molecule has 1 aliphatic heterocycles. The lowest BCUT2D eigenvalue weighted by Crippen LogP contribution is -2.50. The Balaban J connectivity index is 2.91. The topological polar surface area (TPSA) is 98.2 Å². The van der Waals surface area contributed by atoms with E-state index in [-0.39, 0.29) is 0 Å². The van der Waals surface area contributed by atoms with Crippen LogP contribution in [0.2, 0.25) is 0 Å². The van der Waals surface area contributed by atoms with E-state index in [9.17, 15) is 14.4 Å². The number of amides is 2. The number of carbonyl (C=O) groups excluding carboxylic acids is 1. The first kappa shape index (κ1) is 9.04. The van der Waals surface area contributed by atoms with Crippen LogP contribution in [0.3, 0.4) is 0 Å². The standard InChI is InChI=1S/C6H6N2O5/c9-4-1-2-7(5(10)11)8(3-4)6(12)13/h1-2H,3H2,(H,10,11)(H,12,13). The van der Waals surface area contributed by atoms with Crippen molar-refractivity contribution in [3.63, 3.8) is 0 Å². The Morgan fingerprint density at radius 3 is 2.38 bits per heavy atom. The van der Waals surface area contributed by atoms with Gasteiger partial charge >= 0.3 is 12.2 Å². The molecule has 1 heterocycles. The van der Waals surface area contributed by atoms with Crippen LogP contribution in [-0.2, 0) is 4.79 Å². The third-order valence-corrected chi connectivity index (χ3v) is 1.38. The van der Waals surface area contributed by atoms with Crippen LogP contribution >= 0.6 is 0 Å². The number of rotatable bonds is 0. The van der Waals surface area contributed by atoms with Gasteiger partial charge in [0.25, 0.3) is 0 Å². The fraction of sp³-hybridized carbons (Fsp3) is 0.167. The molecule has 1 rings (SSSR count). The molecule has 2 N–H and O–H groups in total. The van der Waals surface area contributed by atoms with E-state index in [1.54, 1.807) is 0 Å². The highest BCUT2D eigenvalue weighted by molar-refractivity contribution is 5.95. The minimum absolute atomic E-state index is 0.407. The van der Waals surface area contributed by atoms with Crippen LogP contribution in [0.4, 0.5) is 9.59 Å². The third-order valence-electron chi connectivity index (χ3n) is 1.38. The maximum absolute atomic E-state index is 10.7. The molecule has 0 spiro atoms. The molecule has 0 aliphatic carbocycles. The Bertz CT molecular complexity index is 297. The highest BCUT2D eigenvalue weighted by Gasteiger charge is 2.28. The predicted octanol–water partition coefficient (Wildman–Crippen LogP) is -0.0422. The van der Waals surface area contributed by atoms with Gasteiger partial charge in [-0.2, -0.15) is 5.01 Å². The van der Waals surface area contributed by atoms with Crippen molar-refractivity contribution in [1.29, 1.82) is 0 Å². The Hall–Kier alpha value is -2.05. The first-order chi connectivity index (χ1) is 6.02. The fourth-order valence-electron chi connectivity index (χ4n) is 0.838. The maximum atomic E-state index is 10.7. The van der Waals surface area contributed by atoms with Gasteiger partial charge < -0.3 is 10.2 Å². The van der Waals surface area contributed by atoms with Crippen LogP contribution in [0.15, 0.2) is 12.3 Å². The number of carboxylic acid groups (broad SMARTS) is 2. The summed E-state index contributed by atoms with van der Waals surface area (Å²) in [6, 6.07) is 0. The first-order valence-electron chi connectivity index (χ1n) is 3.26. The summed E-state index contributed by atoms with van der Waals surface area (Å²) in [5.41, 5.74) is 0. The third kappa shape index (κ3) is 1.75. The molecule has 70 valence electrons. The van der Waals surface area contributed by atoms with E-state index in [0.717, 1.165) is 12.3 Å². The lowest BCUT2D eigenvalue weighted by molar-refractivity contribution is -0.119. The van der Waals surface area contributed by atoms with Crippen molar-refractivity contribution >= 4 is 18.0 Å². The van der Waals surface area contributed by atoms with Gasteiger partial charge in [0.05, 0.1) is 0 Å². The second-order valence-electron chi connectivity index (χ2n) is 2.25. The molecule has 0 aromatic carbocycles. The molecule has 0 unspecified atom stereocenters. The van der Waals surface area contributed by atoms with Gasteiger partial charge in [0.1, 0.15) is 6.54 Å². The Morgan fingerprint density at radius 1 is 1.31 bits per heavy atom. The Kier molecular flexibility index (Phi) is 2.18. The number of hydrogen-bond donors (Lipinski definition) is 2. The molecule has 0 aromatic rings. The molecule has 2 amide bonds. The summed E-state index contributed by atoms with van der Waals surface area (Å²) < 4.78 is 0. The number of hydrogen-bond acceptors (Lipinski definition) is 3. The summed E-state index contributed by atoms with van der Waals surface area (Å²) in [7, 11) is 0. The molecule has 0 radical (unpaired) electrons. The van der Waals surface area contributed by atoms with Crippen LogP contribution in [-0.4, -0.2) is 44.7 Å². The largest absolute Gasteiger partial charge is 0.464 e. The molecule has 7 heteroatoms. The van der Waals surface area contributed by atoms with E-state index < -0.39 is 24.5 Å². The van der Waals surface area contributed by atoms with Gasteiger partial charge in [0.15, 0.2) is 5.78 Å². The van der Waals surface area contributed by atoms with Crippen molar-refractivity contribution in [2.24, 2.45) is 0 Å². The maximum Gasteiger partial charge on any atom is 0.430 e. The van der Waals surface area contributed by atoms with Gasteiger partial charge in [-0.15, -0.1) is 0 Å². The van der Waals surface area contributed by atoms with Crippen molar-refractivity contribution in [2.45, 2.75) is 0 Å². The summed E-state index contributed by atoms with van der Waals surface area (Å²) in [6.07, 6.45) is -1.04. The Morgan fingerprint density at radius 2 is 1.92 bits per heavy atom. The minimum atomic E-state index is -1.49. The SMILES string of the molecule is O=C1C=CN(C(=O)O)N(C(=O)O)C1. The summed E-state index contributed by atoms with van der Waals surface area (Å²) in [6.45, 7) is -0.474. The zero-order chi connectivity index (χ0) is 10.0. The molecule has 0 bridgehead atoms. The lowest BCUT2D eigenvalue weighted by Gasteiger charge is -2.28. The van der Waals surface area contributed by atoms with Gasteiger partial charge in [0.2, 0.25) is 0 Å². The van der Waals surface area contributed by atoms with Gasteiger partial charge in [-0.25, -0.2) is 14.6 Å². The quantitative estimate of drug-likeness (QED) is 0.553. The molecule has 1 aliphatic rings. The molecule has 0 atom stereocenters. The monoisotopic (exact) mass is 186 g/mol. The smallest absolute Gasteiger partial charge is 0.430 e. The fourth-order valence-corrected chi connectivity index (χ4v) is 0.838. The van der Waals surface area contributed by atoms with Gasteiger partial charge in [-0.05, 0) is 0 Å². The van der Waals surface area contributed by atoms with Crippen LogP contribution in [0.1, 0.15) is 0 Å². The molecule has 7 nitrogen and oxygen atoms in total. The predicted molar refractivity (Wildman–Crippen MR) is 38.7 cm³/mol. The molecule has 13 heavy (non-hydrogen) atoms. The van der Waals surface area contributed by atoms with E-state index >= 15 is 0 Å². The molecule has 0 fully saturated rings. The number of hydrazine groups is 1. The zero-order valence-corrected chi connectivity index (χ0v) is 6.38. The second kappa shape index (κ2) is 3.13. The average Bonchev–Trinajstić information content (AvgIpc) is 2.03. The highest BCUT2D eigenvalue weighted by atomic mass is 16.4. The van der Waals surface area contributed by atoms with Crippen LogP contribution in [0.25, 0.3) is 0 Å². The molecule has 0 saturated heterocycles. The summed E-state index contributed by atoms with van der Waals surface area (Å²) in [5.74, 6) is -0.458. The van der Waals surface area contributed by atoms with Gasteiger partial charge in [-0.1, -0.05) is 0 Å². The normalized spacial score (nSPS) is 16.2.